The highest BCUT2D eigenvalue weighted by Gasteiger charge is 2.24. The fourth-order valence-electron chi connectivity index (χ4n) is 6.76. The number of furan rings is 1. The molecule has 0 bridgehead atoms. The molecule has 0 aliphatic carbocycles. The normalized spacial score (nSPS) is 12.2. The van der Waals surface area contributed by atoms with Gasteiger partial charge >= 0.3 is 0 Å². The molecule has 5 heterocycles. The second kappa shape index (κ2) is 8.47. The zero-order chi connectivity index (χ0) is 28.1. The van der Waals surface area contributed by atoms with Crippen molar-refractivity contribution in [1.82, 2.24) is 19.5 Å². The Kier molecular flexibility index (Phi) is 4.54. The number of benzene rings is 5. The molecule has 0 unspecified atom stereocenters. The maximum Gasteiger partial charge on any atom is 0.238 e. The molecule has 5 aromatic heterocycles. The topological polar surface area (TPSA) is 56.7 Å². The van der Waals surface area contributed by atoms with Gasteiger partial charge in [-0.1, -0.05) is 78.9 Å². The summed E-state index contributed by atoms with van der Waals surface area (Å²) in [5.74, 6) is 0.575. The van der Waals surface area contributed by atoms with Crippen LogP contribution in [0.5, 0.6) is 0 Å². The fraction of sp³-hybridized carbons (Fsp3) is 0. The molecule has 0 fully saturated rings. The van der Waals surface area contributed by atoms with Crippen molar-refractivity contribution in [3.63, 3.8) is 0 Å². The average Bonchev–Trinajstić information content (AvgIpc) is 3.74. The fourth-order valence-corrected chi connectivity index (χ4v) is 8.02. The van der Waals surface area contributed by atoms with Crippen LogP contribution in [-0.4, -0.2) is 19.5 Å². The molecule has 200 valence electrons. The smallest absolute Gasteiger partial charge is 0.238 e. The SMILES string of the molecule is c1cncc(-c2nc(-n3c4ccccc4c4c5ccccc5c5c6ccccc6sc5c43)nc3oc4ccccc4c23)c1. The number of pyridine rings is 1. The molecule has 5 nitrogen and oxygen atoms in total. The summed E-state index contributed by atoms with van der Waals surface area (Å²) in [6, 6.07) is 38.1. The van der Waals surface area contributed by atoms with E-state index in [9.17, 15) is 0 Å². The molecule has 0 N–H and O–H groups in total. The first kappa shape index (κ1) is 23.0. The van der Waals surface area contributed by atoms with Crippen LogP contribution in [0.15, 0.2) is 126 Å². The number of para-hydroxylation sites is 2. The Hall–Kier alpha value is -5.59. The van der Waals surface area contributed by atoms with Crippen molar-refractivity contribution in [2.24, 2.45) is 0 Å². The van der Waals surface area contributed by atoms with Crippen molar-refractivity contribution < 1.29 is 4.42 Å². The van der Waals surface area contributed by atoms with Crippen LogP contribution in [0, 0.1) is 0 Å². The molecule has 0 spiro atoms. The summed E-state index contributed by atoms with van der Waals surface area (Å²) in [6.07, 6.45) is 3.64. The number of hydrogen-bond donors (Lipinski definition) is 0. The summed E-state index contributed by atoms with van der Waals surface area (Å²) in [4.78, 5) is 14.9. The molecule has 10 aromatic rings. The van der Waals surface area contributed by atoms with Gasteiger partial charge in [0.25, 0.3) is 0 Å². The Morgan fingerprint density at radius 3 is 2.16 bits per heavy atom. The van der Waals surface area contributed by atoms with E-state index in [0.717, 1.165) is 38.6 Å². The van der Waals surface area contributed by atoms with E-state index in [1.165, 1.54) is 41.7 Å². The van der Waals surface area contributed by atoms with E-state index in [0.29, 0.717) is 11.7 Å². The van der Waals surface area contributed by atoms with Crippen LogP contribution in [0.3, 0.4) is 0 Å². The number of thiophene rings is 1. The van der Waals surface area contributed by atoms with Crippen LogP contribution in [0.1, 0.15) is 0 Å². The molecular formula is C37H20N4OS. The lowest BCUT2D eigenvalue weighted by molar-refractivity contribution is 0.651. The number of nitrogens with zero attached hydrogens (tertiary/aromatic N) is 4. The van der Waals surface area contributed by atoms with Gasteiger partial charge in [-0.15, -0.1) is 11.3 Å². The van der Waals surface area contributed by atoms with Crippen molar-refractivity contribution in [1.29, 1.82) is 0 Å². The number of hydrogen-bond acceptors (Lipinski definition) is 5. The molecule has 0 atom stereocenters. The van der Waals surface area contributed by atoms with Gasteiger partial charge in [-0.25, -0.2) is 4.98 Å². The van der Waals surface area contributed by atoms with Crippen LogP contribution < -0.4 is 0 Å². The molecule has 0 saturated heterocycles. The number of aromatic nitrogens is 4. The second-order valence-corrected chi connectivity index (χ2v) is 11.9. The van der Waals surface area contributed by atoms with Crippen LogP contribution in [0.2, 0.25) is 0 Å². The van der Waals surface area contributed by atoms with Crippen molar-refractivity contribution in [2.75, 3.05) is 0 Å². The predicted octanol–water partition coefficient (Wildman–Crippen LogP) is 10.1. The van der Waals surface area contributed by atoms with Gasteiger partial charge in [0.1, 0.15) is 5.58 Å². The Bertz CT molecular complexity index is 2740. The lowest BCUT2D eigenvalue weighted by atomic mass is 9.99. The van der Waals surface area contributed by atoms with Gasteiger partial charge in [-0.05, 0) is 41.1 Å². The van der Waals surface area contributed by atoms with Crippen molar-refractivity contribution in [2.45, 2.75) is 0 Å². The average molecular weight is 569 g/mol. The van der Waals surface area contributed by atoms with Crippen LogP contribution in [0.25, 0.3) is 92.0 Å². The van der Waals surface area contributed by atoms with E-state index in [1.54, 1.807) is 6.20 Å². The van der Waals surface area contributed by atoms with Gasteiger partial charge in [-0.2, -0.15) is 4.98 Å². The van der Waals surface area contributed by atoms with Crippen LogP contribution in [-0.2, 0) is 0 Å². The maximum absolute atomic E-state index is 6.40. The third-order valence-corrected chi connectivity index (χ3v) is 9.69. The summed E-state index contributed by atoms with van der Waals surface area (Å²) in [5, 5.41) is 9.28. The summed E-state index contributed by atoms with van der Waals surface area (Å²) >= 11 is 1.83. The summed E-state index contributed by atoms with van der Waals surface area (Å²) in [5.41, 5.74) is 5.24. The zero-order valence-electron chi connectivity index (χ0n) is 22.7. The molecule has 43 heavy (non-hydrogen) atoms. The van der Waals surface area contributed by atoms with E-state index in [-0.39, 0.29) is 0 Å². The van der Waals surface area contributed by atoms with Gasteiger partial charge < -0.3 is 4.42 Å². The Balaban J connectivity index is 1.45. The van der Waals surface area contributed by atoms with Gasteiger partial charge in [0.05, 0.1) is 26.8 Å². The third-order valence-electron chi connectivity index (χ3n) is 8.51. The minimum Gasteiger partial charge on any atom is -0.437 e. The molecule has 0 aliphatic heterocycles. The number of rotatable bonds is 2. The molecule has 0 aliphatic rings. The monoisotopic (exact) mass is 568 g/mol. The predicted molar refractivity (Wildman–Crippen MR) is 177 cm³/mol. The molecule has 10 rings (SSSR count). The summed E-state index contributed by atoms with van der Waals surface area (Å²) in [7, 11) is 0. The third kappa shape index (κ3) is 3.07. The second-order valence-electron chi connectivity index (χ2n) is 10.8. The minimum atomic E-state index is 0.560. The van der Waals surface area contributed by atoms with E-state index in [1.807, 2.05) is 47.9 Å². The van der Waals surface area contributed by atoms with Crippen molar-refractivity contribution >= 4 is 86.2 Å². The van der Waals surface area contributed by atoms with E-state index in [4.69, 9.17) is 14.4 Å². The molecule has 0 radical (unpaired) electrons. The molecule has 0 amide bonds. The van der Waals surface area contributed by atoms with Gasteiger partial charge in [0.15, 0.2) is 0 Å². The first-order valence-corrected chi connectivity index (χ1v) is 15.0. The highest BCUT2D eigenvalue weighted by atomic mass is 32.1. The Morgan fingerprint density at radius 1 is 0.605 bits per heavy atom. The van der Waals surface area contributed by atoms with Crippen LogP contribution >= 0.6 is 11.3 Å². The Labute approximate surface area is 248 Å². The number of fused-ring (bicyclic) bond motifs is 13. The zero-order valence-corrected chi connectivity index (χ0v) is 23.5. The van der Waals surface area contributed by atoms with Gasteiger partial charge in [-0.3, -0.25) is 9.55 Å². The van der Waals surface area contributed by atoms with Gasteiger partial charge in [0, 0.05) is 49.6 Å². The largest absolute Gasteiger partial charge is 0.437 e. The first-order chi connectivity index (χ1) is 21.3. The molecule has 0 saturated carbocycles. The van der Waals surface area contributed by atoms with Crippen molar-refractivity contribution in [3.8, 4) is 17.2 Å². The summed E-state index contributed by atoms with van der Waals surface area (Å²) < 4.78 is 11.1. The first-order valence-electron chi connectivity index (χ1n) is 14.2. The summed E-state index contributed by atoms with van der Waals surface area (Å²) in [6.45, 7) is 0. The molecular weight excluding hydrogens is 549 g/mol. The molecule has 5 aromatic carbocycles. The standard InChI is InChI=1S/C37H20N4OS/c1-2-12-23-22(11-1)30-24-13-3-6-16-27(24)41(34(30)35-31(23)26-15-5-8-18-29(26)43-35)37-39-33(21-10-9-19-38-20-21)32-25-14-4-7-17-28(25)42-36(32)40-37/h1-20H. The lowest BCUT2D eigenvalue weighted by Crippen LogP contribution is -2.03. The highest BCUT2D eigenvalue weighted by molar-refractivity contribution is 7.27. The lowest BCUT2D eigenvalue weighted by Gasteiger charge is -2.11. The van der Waals surface area contributed by atoms with E-state index >= 15 is 0 Å². The Morgan fingerprint density at radius 2 is 1.33 bits per heavy atom. The quantitative estimate of drug-likeness (QED) is 0.208. The van der Waals surface area contributed by atoms with Crippen LogP contribution in [0.4, 0.5) is 0 Å². The van der Waals surface area contributed by atoms with E-state index < -0.39 is 0 Å². The molecule has 6 heteroatoms. The minimum absolute atomic E-state index is 0.560. The van der Waals surface area contributed by atoms with Crippen molar-refractivity contribution in [3.05, 3.63) is 122 Å². The highest BCUT2D eigenvalue weighted by Crippen LogP contribution is 2.48. The maximum atomic E-state index is 6.40. The van der Waals surface area contributed by atoms with E-state index in [2.05, 4.69) is 88.4 Å². The van der Waals surface area contributed by atoms with Gasteiger partial charge in [0.2, 0.25) is 11.7 Å².